The first-order chi connectivity index (χ1) is 10.6. The summed E-state index contributed by atoms with van der Waals surface area (Å²) in [5, 5.41) is 9.08. The number of carbonyl (C=O) groups excluding carboxylic acids is 1. The third-order valence-corrected chi connectivity index (χ3v) is 5.67. The normalized spacial score (nSPS) is 10.6. The number of carboxylic acid groups (broad SMARTS) is 1. The molecule has 110 valence electrons. The monoisotopic (exact) mass is 328 g/mol. The molecule has 2 heterocycles. The number of aldehydes is 1. The molecule has 1 N–H and O–H groups in total. The second-order valence-electron chi connectivity index (χ2n) is 4.82. The highest BCUT2D eigenvalue weighted by Gasteiger charge is 2.11. The van der Waals surface area contributed by atoms with E-state index in [9.17, 15) is 9.59 Å². The van der Waals surface area contributed by atoms with Crippen molar-refractivity contribution in [1.29, 1.82) is 0 Å². The fourth-order valence-corrected chi connectivity index (χ4v) is 4.15. The van der Waals surface area contributed by atoms with Gasteiger partial charge in [-0.1, -0.05) is 6.07 Å². The van der Waals surface area contributed by atoms with Crippen molar-refractivity contribution in [2.75, 3.05) is 0 Å². The Morgan fingerprint density at radius 2 is 1.68 bits per heavy atom. The fraction of sp³-hybridized carbons (Fsp3) is 0.0588. The SMILES string of the molecule is Cc1cc(-c2ccc(-c3ccc(C=O)s3)s2)ccc1C(=O)O. The molecule has 5 heteroatoms. The van der Waals surface area contributed by atoms with Crippen LogP contribution < -0.4 is 0 Å². The number of hydrogen-bond acceptors (Lipinski definition) is 4. The zero-order valence-corrected chi connectivity index (χ0v) is 13.3. The minimum Gasteiger partial charge on any atom is -0.478 e. The molecule has 0 atom stereocenters. The number of benzene rings is 1. The third kappa shape index (κ3) is 2.73. The largest absolute Gasteiger partial charge is 0.478 e. The molecule has 3 aromatic rings. The van der Waals surface area contributed by atoms with Gasteiger partial charge in [0.25, 0.3) is 0 Å². The van der Waals surface area contributed by atoms with E-state index in [4.69, 9.17) is 5.11 Å². The van der Waals surface area contributed by atoms with E-state index >= 15 is 0 Å². The lowest BCUT2D eigenvalue weighted by Gasteiger charge is -2.03. The molecule has 0 aliphatic carbocycles. The molecule has 3 nitrogen and oxygen atoms in total. The summed E-state index contributed by atoms with van der Waals surface area (Å²) < 4.78 is 0. The van der Waals surface area contributed by atoms with Gasteiger partial charge < -0.3 is 5.11 Å². The van der Waals surface area contributed by atoms with E-state index < -0.39 is 5.97 Å². The summed E-state index contributed by atoms with van der Waals surface area (Å²) in [6.07, 6.45) is 0.858. The number of hydrogen-bond donors (Lipinski definition) is 1. The molecule has 2 aromatic heterocycles. The molecule has 22 heavy (non-hydrogen) atoms. The van der Waals surface area contributed by atoms with E-state index in [2.05, 4.69) is 0 Å². The quantitative estimate of drug-likeness (QED) is 0.688. The van der Waals surface area contributed by atoms with Crippen LogP contribution in [0.2, 0.25) is 0 Å². The predicted molar refractivity (Wildman–Crippen MR) is 90.2 cm³/mol. The van der Waals surface area contributed by atoms with E-state index in [1.54, 1.807) is 24.3 Å². The first-order valence-corrected chi connectivity index (χ1v) is 8.21. The van der Waals surface area contributed by atoms with E-state index in [1.165, 1.54) is 11.3 Å². The highest BCUT2D eigenvalue weighted by molar-refractivity contribution is 7.24. The fourth-order valence-electron chi connectivity index (χ4n) is 2.23. The second kappa shape index (κ2) is 5.87. The number of carboxylic acids is 1. The Labute approximate surface area is 135 Å². The number of thiophene rings is 2. The summed E-state index contributed by atoms with van der Waals surface area (Å²) in [6, 6.07) is 13.2. The Morgan fingerprint density at radius 3 is 2.32 bits per heavy atom. The molecule has 0 radical (unpaired) electrons. The topological polar surface area (TPSA) is 54.4 Å². The first kappa shape index (κ1) is 14.7. The van der Waals surface area contributed by atoms with Gasteiger partial charge in [0, 0.05) is 14.6 Å². The summed E-state index contributed by atoms with van der Waals surface area (Å²) in [4.78, 5) is 25.8. The Balaban J connectivity index is 1.95. The van der Waals surface area contributed by atoms with Crippen LogP contribution in [0.15, 0.2) is 42.5 Å². The standard InChI is InChI=1S/C17H12O3S2/c1-10-8-11(2-4-13(10)17(19)20)14-6-7-16(22-14)15-5-3-12(9-18)21-15/h2-9H,1H3,(H,19,20). The maximum Gasteiger partial charge on any atom is 0.335 e. The summed E-state index contributed by atoms with van der Waals surface area (Å²) in [5.74, 6) is -0.907. The second-order valence-corrected chi connectivity index (χ2v) is 7.02. The van der Waals surface area contributed by atoms with Gasteiger partial charge in [-0.2, -0.15) is 0 Å². The highest BCUT2D eigenvalue weighted by atomic mass is 32.1. The summed E-state index contributed by atoms with van der Waals surface area (Å²) in [5.41, 5.74) is 2.08. The summed E-state index contributed by atoms with van der Waals surface area (Å²) >= 11 is 3.10. The van der Waals surface area contributed by atoms with Crippen molar-refractivity contribution in [3.63, 3.8) is 0 Å². The summed E-state index contributed by atoms with van der Waals surface area (Å²) in [7, 11) is 0. The predicted octanol–water partition coefficient (Wildman–Crippen LogP) is 4.96. The van der Waals surface area contributed by atoms with Gasteiger partial charge in [-0.3, -0.25) is 4.79 Å². The van der Waals surface area contributed by atoms with Crippen LogP contribution in [0.25, 0.3) is 20.2 Å². The van der Waals surface area contributed by atoms with Gasteiger partial charge >= 0.3 is 5.97 Å². The van der Waals surface area contributed by atoms with Gasteiger partial charge in [-0.05, 0) is 54.4 Å². The van der Waals surface area contributed by atoms with E-state index in [-0.39, 0.29) is 0 Å². The number of carbonyl (C=O) groups is 2. The molecule has 1 aromatic carbocycles. The minimum atomic E-state index is -0.907. The summed E-state index contributed by atoms with van der Waals surface area (Å²) in [6.45, 7) is 1.80. The average molecular weight is 328 g/mol. The van der Waals surface area contributed by atoms with Gasteiger partial charge in [0.15, 0.2) is 6.29 Å². The molecular weight excluding hydrogens is 316 g/mol. The van der Waals surface area contributed by atoms with E-state index in [1.807, 2.05) is 36.4 Å². The van der Waals surface area contributed by atoms with Gasteiger partial charge in [0.2, 0.25) is 0 Å². The van der Waals surface area contributed by atoms with Crippen LogP contribution in [-0.4, -0.2) is 17.4 Å². The first-order valence-electron chi connectivity index (χ1n) is 6.58. The van der Waals surface area contributed by atoms with Gasteiger partial charge in [0.1, 0.15) is 0 Å². The van der Waals surface area contributed by atoms with Crippen molar-refractivity contribution >= 4 is 34.9 Å². The van der Waals surface area contributed by atoms with E-state index in [0.717, 1.165) is 32.0 Å². The molecule has 0 bridgehead atoms. The van der Waals surface area contributed by atoms with Crippen LogP contribution in [0.3, 0.4) is 0 Å². The van der Waals surface area contributed by atoms with Crippen LogP contribution >= 0.6 is 22.7 Å². The van der Waals surface area contributed by atoms with E-state index in [0.29, 0.717) is 10.4 Å². The lowest BCUT2D eigenvalue weighted by atomic mass is 10.0. The smallest absolute Gasteiger partial charge is 0.335 e. The Kier molecular flexibility index (Phi) is 3.92. The van der Waals surface area contributed by atoms with Crippen molar-refractivity contribution in [2.45, 2.75) is 6.92 Å². The maximum absolute atomic E-state index is 11.1. The molecule has 0 aliphatic heterocycles. The lowest BCUT2D eigenvalue weighted by molar-refractivity contribution is 0.0696. The zero-order valence-electron chi connectivity index (χ0n) is 11.7. The average Bonchev–Trinajstić information content (AvgIpc) is 3.15. The molecule has 0 unspecified atom stereocenters. The molecule has 0 aliphatic rings. The zero-order chi connectivity index (χ0) is 15.7. The number of rotatable bonds is 4. The van der Waals surface area contributed by atoms with Crippen molar-refractivity contribution in [2.24, 2.45) is 0 Å². The molecule has 0 spiro atoms. The third-order valence-electron chi connectivity index (χ3n) is 3.33. The van der Waals surface area contributed by atoms with Crippen LogP contribution in [-0.2, 0) is 0 Å². The maximum atomic E-state index is 11.1. The van der Waals surface area contributed by atoms with Crippen LogP contribution in [0.5, 0.6) is 0 Å². The Bertz CT molecular complexity index is 858. The molecular formula is C17H12O3S2. The molecule has 3 rings (SSSR count). The molecule has 0 amide bonds. The highest BCUT2D eigenvalue weighted by Crippen LogP contribution is 2.37. The number of aryl methyl sites for hydroxylation is 1. The van der Waals surface area contributed by atoms with Crippen LogP contribution in [0.4, 0.5) is 0 Å². The van der Waals surface area contributed by atoms with Crippen molar-refractivity contribution in [1.82, 2.24) is 0 Å². The Morgan fingerprint density at radius 1 is 1.00 bits per heavy atom. The number of aromatic carboxylic acids is 1. The molecule has 0 fully saturated rings. The Hall–Kier alpha value is -2.24. The van der Waals surface area contributed by atoms with Crippen molar-refractivity contribution in [3.05, 3.63) is 58.5 Å². The van der Waals surface area contributed by atoms with Crippen molar-refractivity contribution < 1.29 is 14.7 Å². The molecule has 0 saturated heterocycles. The van der Waals surface area contributed by atoms with Crippen LogP contribution in [0.1, 0.15) is 25.6 Å². The van der Waals surface area contributed by atoms with Crippen LogP contribution in [0, 0.1) is 6.92 Å². The lowest BCUT2D eigenvalue weighted by Crippen LogP contribution is -1.99. The van der Waals surface area contributed by atoms with Gasteiger partial charge in [-0.15, -0.1) is 22.7 Å². The van der Waals surface area contributed by atoms with Crippen molar-refractivity contribution in [3.8, 4) is 20.2 Å². The van der Waals surface area contributed by atoms with Gasteiger partial charge in [-0.25, -0.2) is 4.79 Å². The molecule has 0 saturated carbocycles. The minimum absolute atomic E-state index is 0.328. The van der Waals surface area contributed by atoms with Gasteiger partial charge in [0.05, 0.1) is 10.4 Å².